The highest BCUT2D eigenvalue weighted by molar-refractivity contribution is 4.79. The van der Waals surface area contributed by atoms with Crippen LogP contribution in [0.2, 0.25) is 0 Å². The Labute approximate surface area is 271 Å². The van der Waals surface area contributed by atoms with Gasteiger partial charge in [0.2, 0.25) is 0 Å². The van der Waals surface area contributed by atoms with Gasteiger partial charge in [0, 0.05) is 13.2 Å². The number of hydrogen-bond donors (Lipinski definition) is 0. The van der Waals surface area contributed by atoms with Crippen molar-refractivity contribution in [2.45, 2.75) is 88.6 Å². The molecular weight excluding hydrogens is 584 g/mol. The highest BCUT2D eigenvalue weighted by atomic mass is 16.6. The molecule has 0 N–H and O–H groups in total. The van der Waals surface area contributed by atoms with Crippen LogP contribution < -0.4 is 0 Å². The fraction of sp³-hybridized carbons (Fsp3) is 1.00. The summed E-state index contributed by atoms with van der Waals surface area (Å²) >= 11 is 0. The first kappa shape index (κ1) is 37.4. The average Bonchev–Trinajstić information content (AvgIpc) is 3.04. The maximum Gasteiger partial charge on any atom is 0.112 e. The van der Waals surface area contributed by atoms with Gasteiger partial charge >= 0.3 is 0 Å². The molecule has 7 rings (SSSR count). The van der Waals surface area contributed by atoms with E-state index in [1.54, 1.807) is 0 Å². The topological polar surface area (TPSA) is 102 Å². The summed E-state index contributed by atoms with van der Waals surface area (Å²) in [6, 6.07) is 0. The number of rotatable bonds is 0. The van der Waals surface area contributed by atoms with Crippen molar-refractivity contribution in [2.24, 2.45) is 11.8 Å². The molecule has 2 aliphatic carbocycles. The van der Waals surface area contributed by atoms with Crippen LogP contribution in [0.15, 0.2) is 0 Å². The first-order chi connectivity index (χ1) is 22.0. The molecule has 5 saturated heterocycles. The summed E-state index contributed by atoms with van der Waals surface area (Å²) in [6.07, 6.45) is 9.26. The summed E-state index contributed by atoms with van der Waals surface area (Å²) in [4.78, 5) is 0. The van der Waals surface area contributed by atoms with E-state index in [-0.39, 0.29) is 0 Å². The molecule has 6 bridgehead atoms. The van der Waals surface area contributed by atoms with Gasteiger partial charge < -0.3 is 52.1 Å². The monoisotopic (exact) mass is 646 g/mol. The number of hydrogen-bond acceptors (Lipinski definition) is 11. The van der Waals surface area contributed by atoms with Gasteiger partial charge in [-0.15, -0.1) is 0 Å². The molecule has 0 amide bonds. The van der Waals surface area contributed by atoms with Crippen molar-refractivity contribution in [1.82, 2.24) is 0 Å². The molecule has 2 saturated carbocycles. The highest BCUT2D eigenvalue weighted by Crippen LogP contribution is 2.28. The lowest BCUT2D eigenvalue weighted by Gasteiger charge is -2.32. The molecule has 0 aromatic rings. The van der Waals surface area contributed by atoms with Gasteiger partial charge in [-0.3, -0.25) is 0 Å². The Morgan fingerprint density at radius 3 is 1.11 bits per heavy atom. The molecule has 0 spiro atoms. The molecule has 0 aromatic heterocycles. The van der Waals surface area contributed by atoms with E-state index in [9.17, 15) is 0 Å². The zero-order valence-corrected chi connectivity index (χ0v) is 28.2. The molecule has 5 aliphatic heterocycles. The lowest BCUT2D eigenvalue weighted by molar-refractivity contribution is -0.142. The van der Waals surface area contributed by atoms with Crippen molar-refractivity contribution in [2.75, 3.05) is 119 Å². The van der Waals surface area contributed by atoms with Crippen LogP contribution in [-0.2, 0) is 52.1 Å². The van der Waals surface area contributed by atoms with Crippen LogP contribution in [0.3, 0.4) is 0 Å². The van der Waals surface area contributed by atoms with Crippen molar-refractivity contribution in [3.05, 3.63) is 0 Å². The van der Waals surface area contributed by atoms with Crippen molar-refractivity contribution in [1.29, 1.82) is 0 Å². The molecule has 264 valence electrons. The molecular formula is C34H62O11. The Morgan fingerprint density at radius 1 is 0.356 bits per heavy atom. The second-order valence-electron chi connectivity index (χ2n) is 13.6. The Kier molecular flexibility index (Phi) is 17.9. The SMILES string of the molecule is C[C@]12COCCOC[C@](C)(COCC3CCC(CC3)OCCOCCOCCOC3CCC(CC3)COC1)OCCOCCO2. The maximum absolute atomic E-state index is 6.24. The smallest absolute Gasteiger partial charge is 0.112 e. The van der Waals surface area contributed by atoms with Crippen LogP contribution in [-0.4, -0.2) is 142 Å². The molecule has 0 radical (unpaired) electrons. The van der Waals surface area contributed by atoms with E-state index < -0.39 is 11.2 Å². The Morgan fingerprint density at radius 2 is 0.689 bits per heavy atom. The van der Waals surface area contributed by atoms with Gasteiger partial charge in [0.15, 0.2) is 0 Å². The third-order valence-corrected chi connectivity index (χ3v) is 9.19. The normalized spacial score (nSPS) is 38.0. The minimum atomic E-state index is -0.558. The second-order valence-corrected chi connectivity index (χ2v) is 13.6. The van der Waals surface area contributed by atoms with Gasteiger partial charge in [0.1, 0.15) is 11.2 Å². The molecule has 2 atom stereocenters. The van der Waals surface area contributed by atoms with E-state index >= 15 is 0 Å². The van der Waals surface area contributed by atoms with Crippen molar-refractivity contribution in [3.63, 3.8) is 0 Å². The largest absolute Gasteiger partial charge is 0.378 e. The zero-order valence-electron chi connectivity index (χ0n) is 28.2. The van der Waals surface area contributed by atoms with E-state index in [1.165, 1.54) is 0 Å². The molecule has 11 heteroatoms. The highest BCUT2D eigenvalue weighted by Gasteiger charge is 2.30. The molecule has 5 heterocycles. The fourth-order valence-corrected chi connectivity index (χ4v) is 6.42. The van der Waals surface area contributed by atoms with Crippen molar-refractivity contribution >= 4 is 0 Å². The lowest BCUT2D eigenvalue weighted by Crippen LogP contribution is -2.42. The second kappa shape index (κ2) is 21.5. The maximum atomic E-state index is 6.24. The van der Waals surface area contributed by atoms with Gasteiger partial charge in [-0.05, 0) is 77.0 Å². The van der Waals surface area contributed by atoms with Crippen LogP contribution in [0.5, 0.6) is 0 Å². The predicted molar refractivity (Wildman–Crippen MR) is 168 cm³/mol. The van der Waals surface area contributed by atoms with E-state index in [0.717, 1.165) is 64.6 Å². The van der Waals surface area contributed by atoms with E-state index in [4.69, 9.17) is 52.1 Å². The van der Waals surface area contributed by atoms with Gasteiger partial charge in [0.05, 0.1) is 118 Å². The van der Waals surface area contributed by atoms with Crippen LogP contribution in [0.4, 0.5) is 0 Å². The minimum Gasteiger partial charge on any atom is -0.378 e. The van der Waals surface area contributed by atoms with E-state index in [0.29, 0.717) is 130 Å². The van der Waals surface area contributed by atoms with E-state index in [1.807, 2.05) is 13.8 Å². The summed E-state index contributed by atoms with van der Waals surface area (Å²) in [5, 5.41) is 0. The average molecular weight is 647 g/mol. The molecule has 0 unspecified atom stereocenters. The van der Waals surface area contributed by atoms with Crippen LogP contribution >= 0.6 is 0 Å². The Balaban J connectivity index is 1.27. The number of ether oxygens (including phenoxy) is 11. The van der Waals surface area contributed by atoms with E-state index in [2.05, 4.69) is 0 Å². The van der Waals surface area contributed by atoms with Crippen LogP contribution in [0, 0.1) is 11.8 Å². The first-order valence-electron chi connectivity index (χ1n) is 17.6. The third kappa shape index (κ3) is 15.5. The Hall–Kier alpha value is -0.440. The molecule has 11 nitrogen and oxygen atoms in total. The van der Waals surface area contributed by atoms with Gasteiger partial charge in [-0.25, -0.2) is 0 Å². The summed E-state index contributed by atoms with van der Waals surface area (Å²) in [5.74, 6) is 1.07. The van der Waals surface area contributed by atoms with Gasteiger partial charge in [-0.1, -0.05) is 0 Å². The van der Waals surface area contributed by atoms with Crippen molar-refractivity contribution < 1.29 is 52.1 Å². The van der Waals surface area contributed by atoms with Crippen LogP contribution in [0.25, 0.3) is 0 Å². The van der Waals surface area contributed by atoms with Gasteiger partial charge in [0.25, 0.3) is 0 Å². The minimum absolute atomic E-state index is 0.304. The first-order valence-corrected chi connectivity index (χ1v) is 17.6. The Bertz CT molecular complexity index is 684. The zero-order chi connectivity index (χ0) is 31.5. The predicted octanol–water partition coefficient (Wildman–Crippen LogP) is 3.83. The lowest BCUT2D eigenvalue weighted by atomic mass is 9.88. The summed E-state index contributed by atoms with van der Waals surface area (Å²) in [5.41, 5.74) is -1.12. The van der Waals surface area contributed by atoms with Crippen molar-refractivity contribution in [3.8, 4) is 0 Å². The quantitative estimate of drug-likeness (QED) is 0.384. The van der Waals surface area contributed by atoms with Gasteiger partial charge in [-0.2, -0.15) is 0 Å². The summed E-state index contributed by atoms with van der Waals surface area (Å²) < 4.78 is 66.3. The molecule has 45 heavy (non-hydrogen) atoms. The van der Waals surface area contributed by atoms with Crippen LogP contribution in [0.1, 0.15) is 65.2 Å². The fourth-order valence-electron chi connectivity index (χ4n) is 6.42. The third-order valence-electron chi connectivity index (χ3n) is 9.19. The summed E-state index contributed by atoms with van der Waals surface area (Å²) in [6.45, 7) is 13.8. The molecule has 0 aromatic carbocycles. The standard InChI is InChI=1S/C34H62O11/c1-33-25-38-13-14-39-26-34(2,45-22-18-37-17-21-44-33)28-41-24-30-5-9-32(10-6-30)43-20-16-36-12-11-35-15-19-42-31-7-3-29(4-8-31)23-40-27-33/h29-32H,3-28H2,1-2H3/t29?,30?,31?,32?,33-,34+. The molecule has 7 fully saturated rings. The summed E-state index contributed by atoms with van der Waals surface area (Å²) in [7, 11) is 0. The molecule has 7 aliphatic rings.